The molecule has 0 saturated carbocycles. The van der Waals surface area contributed by atoms with Crippen molar-refractivity contribution in [3.63, 3.8) is 0 Å². The third-order valence-electron chi connectivity index (χ3n) is 2.98. The summed E-state index contributed by atoms with van der Waals surface area (Å²) in [5.41, 5.74) is 3.35. The van der Waals surface area contributed by atoms with E-state index in [0.717, 1.165) is 5.56 Å². The van der Waals surface area contributed by atoms with Gasteiger partial charge in [-0.15, -0.1) is 0 Å². The molecule has 2 aromatic rings. The predicted molar refractivity (Wildman–Crippen MR) is 79.0 cm³/mol. The van der Waals surface area contributed by atoms with Gasteiger partial charge in [-0.25, -0.2) is 5.84 Å². The van der Waals surface area contributed by atoms with Crippen LogP contribution >= 0.6 is 0 Å². The highest BCUT2D eigenvalue weighted by molar-refractivity contribution is 5.94. The maximum absolute atomic E-state index is 11.7. The number of nitrogens with zero attached hydrogens (tertiary/aromatic N) is 1. The van der Waals surface area contributed by atoms with Crippen molar-refractivity contribution < 1.29 is 9.53 Å². The predicted octanol–water partition coefficient (Wildman–Crippen LogP) is 0.839. The minimum absolute atomic E-state index is 0.0603. The minimum Gasteiger partial charge on any atom is -0.492 e. The molecule has 0 radical (unpaired) electrons. The lowest BCUT2D eigenvalue weighted by molar-refractivity contribution is 0.0953. The van der Waals surface area contributed by atoms with E-state index in [9.17, 15) is 9.59 Å². The Kier molecular flexibility index (Phi) is 4.73. The van der Waals surface area contributed by atoms with Crippen LogP contribution in [0.2, 0.25) is 0 Å². The van der Waals surface area contributed by atoms with Crippen LogP contribution in [0.3, 0.4) is 0 Å². The Hall–Kier alpha value is -2.60. The molecule has 0 fully saturated rings. The Balaban J connectivity index is 1.97. The van der Waals surface area contributed by atoms with Crippen molar-refractivity contribution in [2.45, 2.75) is 13.5 Å². The number of benzene rings is 1. The van der Waals surface area contributed by atoms with Gasteiger partial charge in [0.2, 0.25) is 0 Å². The summed E-state index contributed by atoms with van der Waals surface area (Å²) in [5, 5.41) is 0. The Bertz CT molecular complexity index is 695. The van der Waals surface area contributed by atoms with Crippen molar-refractivity contribution in [2.24, 2.45) is 5.84 Å². The van der Waals surface area contributed by atoms with Crippen LogP contribution in [-0.4, -0.2) is 17.1 Å². The van der Waals surface area contributed by atoms with Gasteiger partial charge < -0.3 is 9.30 Å². The van der Waals surface area contributed by atoms with Crippen molar-refractivity contribution in [3.8, 4) is 5.75 Å². The average Bonchev–Trinajstić information content (AvgIpc) is 2.49. The van der Waals surface area contributed by atoms with Gasteiger partial charge in [0.1, 0.15) is 12.4 Å². The Labute approximate surface area is 122 Å². The summed E-state index contributed by atoms with van der Waals surface area (Å²) < 4.78 is 7.12. The quantitative estimate of drug-likeness (QED) is 0.485. The van der Waals surface area contributed by atoms with E-state index in [4.69, 9.17) is 10.6 Å². The van der Waals surface area contributed by atoms with Crippen LogP contribution in [0.4, 0.5) is 0 Å². The average molecular weight is 287 g/mol. The van der Waals surface area contributed by atoms with Crippen molar-refractivity contribution in [1.82, 2.24) is 9.99 Å². The molecule has 0 spiro atoms. The van der Waals surface area contributed by atoms with Crippen LogP contribution in [0.1, 0.15) is 15.9 Å². The van der Waals surface area contributed by atoms with Gasteiger partial charge in [0.15, 0.2) is 0 Å². The summed E-state index contributed by atoms with van der Waals surface area (Å²) in [6, 6.07) is 10.1. The number of carbonyl (C=O) groups is 1. The van der Waals surface area contributed by atoms with E-state index in [0.29, 0.717) is 24.5 Å². The summed E-state index contributed by atoms with van der Waals surface area (Å²) in [4.78, 5) is 23.1. The molecule has 6 nitrogen and oxygen atoms in total. The number of hydrogen-bond acceptors (Lipinski definition) is 4. The van der Waals surface area contributed by atoms with Crippen molar-refractivity contribution in [3.05, 3.63) is 64.1 Å². The zero-order chi connectivity index (χ0) is 15.2. The van der Waals surface area contributed by atoms with Gasteiger partial charge in [-0.05, 0) is 36.8 Å². The molecule has 1 amide bonds. The smallest absolute Gasteiger partial charge is 0.265 e. The van der Waals surface area contributed by atoms with Gasteiger partial charge in [-0.1, -0.05) is 6.07 Å². The van der Waals surface area contributed by atoms with E-state index < -0.39 is 0 Å². The number of aromatic nitrogens is 1. The lowest BCUT2D eigenvalue weighted by Gasteiger charge is -2.09. The molecule has 0 aliphatic carbocycles. The Morgan fingerprint density at radius 2 is 2.14 bits per heavy atom. The van der Waals surface area contributed by atoms with Gasteiger partial charge in [-0.3, -0.25) is 15.0 Å². The highest BCUT2D eigenvalue weighted by atomic mass is 16.5. The van der Waals surface area contributed by atoms with Crippen molar-refractivity contribution in [1.29, 1.82) is 0 Å². The Morgan fingerprint density at radius 3 is 2.86 bits per heavy atom. The third-order valence-corrected chi connectivity index (χ3v) is 2.98. The van der Waals surface area contributed by atoms with E-state index in [1.54, 1.807) is 41.1 Å². The molecule has 0 aliphatic heterocycles. The Morgan fingerprint density at radius 1 is 1.33 bits per heavy atom. The van der Waals surface area contributed by atoms with Gasteiger partial charge in [0.25, 0.3) is 11.5 Å². The molecule has 21 heavy (non-hydrogen) atoms. The lowest BCUT2D eigenvalue weighted by Crippen LogP contribution is -2.29. The number of hydrazine groups is 1. The number of hydrogen-bond donors (Lipinski definition) is 2. The molecular weight excluding hydrogens is 270 g/mol. The molecular formula is C15H17N3O3. The first-order valence-corrected chi connectivity index (χ1v) is 6.51. The highest BCUT2D eigenvalue weighted by Crippen LogP contribution is 2.13. The number of nitrogen functional groups attached to an aromatic ring is 1. The lowest BCUT2D eigenvalue weighted by atomic mass is 10.2. The monoisotopic (exact) mass is 287 g/mol. The fraction of sp³-hybridized carbons (Fsp3) is 0.200. The SMILES string of the molecule is Cc1ccn(CCOc2cccc(C(=O)NN)c2)c(=O)c1. The minimum atomic E-state index is -0.379. The van der Waals surface area contributed by atoms with Gasteiger partial charge >= 0.3 is 0 Å². The summed E-state index contributed by atoms with van der Waals surface area (Å²) >= 11 is 0. The largest absolute Gasteiger partial charge is 0.492 e. The number of ether oxygens (including phenoxy) is 1. The van der Waals surface area contributed by atoms with Gasteiger partial charge in [0, 0.05) is 17.8 Å². The molecule has 0 saturated heterocycles. The second-order valence-corrected chi connectivity index (χ2v) is 4.59. The molecule has 1 aromatic carbocycles. The van der Waals surface area contributed by atoms with Crippen molar-refractivity contribution >= 4 is 5.91 Å². The maximum Gasteiger partial charge on any atom is 0.265 e. The summed E-state index contributed by atoms with van der Waals surface area (Å²) in [5.74, 6) is 5.25. The standard InChI is InChI=1S/C15H17N3O3/c1-11-5-6-18(14(19)9-11)7-8-21-13-4-2-3-12(10-13)15(20)17-16/h2-6,9-10H,7-8,16H2,1H3,(H,17,20). The van der Waals surface area contributed by atoms with E-state index in [1.165, 1.54) is 0 Å². The second kappa shape index (κ2) is 6.71. The van der Waals surface area contributed by atoms with Gasteiger partial charge in [-0.2, -0.15) is 0 Å². The normalized spacial score (nSPS) is 10.2. The fourth-order valence-electron chi connectivity index (χ4n) is 1.86. The van der Waals surface area contributed by atoms with Crippen LogP contribution < -0.4 is 21.6 Å². The summed E-state index contributed by atoms with van der Waals surface area (Å²) in [7, 11) is 0. The molecule has 0 unspecified atom stereocenters. The van der Waals surface area contributed by atoms with Crippen LogP contribution in [0.15, 0.2) is 47.4 Å². The number of amides is 1. The van der Waals surface area contributed by atoms with Crippen molar-refractivity contribution in [2.75, 3.05) is 6.61 Å². The van der Waals surface area contributed by atoms with E-state index in [2.05, 4.69) is 5.43 Å². The number of rotatable bonds is 5. The zero-order valence-corrected chi connectivity index (χ0v) is 11.7. The number of carbonyl (C=O) groups excluding carboxylic acids is 1. The molecule has 2 rings (SSSR count). The van der Waals surface area contributed by atoms with E-state index in [-0.39, 0.29) is 11.5 Å². The second-order valence-electron chi connectivity index (χ2n) is 4.59. The molecule has 0 atom stereocenters. The number of nitrogens with one attached hydrogen (secondary N) is 1. The van der Waals surface area contributed by atoms with Gasteiger partial charge in [0.05, 0.1) is 6.54 Å². The number of pyridine rings is 1. The first-order chi connectivity index (χ1) is 10.1. The number of aryl methyl sites for hydroxylation is 1. The molecule has 6 heteroatoms. The van der Waals surface area contributed by atoms with Crippen LogP contribution in [0.25, 0.3) is 0 Å². The zero-order valence-electron chi connectivity index (χ0n) is 11.7. The first-order valence-electron chi connectivity index (χ1n) is 6.51. The first kappa shape index (κ1) is 14.8. The van der Waals surface area contributed by atoms with E-state index in [1.807, 2.05) is 13.0 Å². The summed E-state index contributed by atoms with van der Waals surface area (Å²) in [6.45, 7) is 2.64. The summed E-state index contributed by atoms with van der Waals surface area (Å²) in [6.07, 6.45) is 1.74. The fourth-order valence-corrected chi connectivity index (χ4v) is 1.86. The maximum atomic E-state index is 11.7. The highest BCUT2D eigenvalue weighted by Gasteiger charge is 2.04. The number of nitrogens with two attached hydrogens (primary N) is 1. The molecule has 0 aliphatic rings. The molecule has 3 N–H and O–H groups in total. The van der Waals surface area contributed by atoms with E-state index >= 15 is 0 Å². The molecule has 1 heterocycles. The molecule has 0 bridgehead atoms. The third kappa shape index (κ3) is 3.93. The molecule has 1 aromatic heterocycles. The van der Waals surface area contributed by atoms with Crippen LogP contribution in [0, 0.1) is 6.92 Å². The van der Waals surface area contributed by atoms with Crippen LogP contribution in [-0.2, 0) is 6.54 Å². The topological polar surface area (TPSA) is 86.3 Å². The van der Waals surface area contributed by atoms with Crippen LogP contribution in [0.5, 0.6) is 5.75 Å². The molecule has 110 valence electrons.